The summed E-state index contributed by atoms with van der Waals surface area (Å²) in [4.78, 5) is 22.5. The highest BCUT2D eigenvalue weighted by Gasteiger charge is 2.09. The van der Waals surface area contributed by atoms with Crippen molar-refractivity contribution in [3.05, 3.63) is 63.9 Å². The van der Waals surface area contributed by atoms with Crippen molar-refractivity contribution in [2.45, 2.75) is 6.61 Å². The van der Waals surface area contributed by atoms with E-state index in [4.69, 9.17) is 9.47 Å². The molecule has 0 aliphatic carbocycles. The maximum atomic E-state index is 13.5. The first-order valence-corrected chi connectivity index (χ1v) is 7.91. The minimum absolute atomic E-state index is 0.0718. The van der Waals surface area contributed by atoms with E-state index < -0.39 is 11.9 Å². The predicted molar refractivity (Wildman–Crippen MR) is 89.6 cm³/mol. The molecule has 0 bridgehead atoms. The van der Waals surface area contributed by atoms with Crippen molar-refractivity contribution in [3.8, 4) is 5.75 Å². The van der Waals surface area contributed by atoms with Crippen molar-refractivity contribution in [1.82, 2.24) is 5.32 Å². The van der Waals surface area contributed by atoms with Crippen LogP contribution in [0.15, 0.2) is 46.9 Å². The van der Waals surface area contributed by atoms with E-state index in [0.717, 1.165) is 11.6 Å². The van der Waals surface area contributed by atoms with Crippen LogP contribution in [0.5, 0.6) is 5.75 Å². The Morgan fingerprint density at radius 2 is 2.00 bits per heavy atom. The van der Waals surface area contributed by atoms with Gasteiger partial charge < -0.3 is 14.8 Å². The second-order valence-electron chi connectivity index (χ2n) is 4.76. The highest BCUT2D eigenvalue weighted by molar-refractivity contribution is 9.10. The van der Waals surface area contributed by atoms with E-state index in [2.05, 4.69) is 21.2 Å². The van der Waals surface area contributed by atoms with Crippen LogP contribution < -0.4 is 10.1 Å². The van der Waals surface area contributed by atoms with Crippen molar-refractivity contribution >= 4 is 28.3 Å². The monoisotopic (exact) mass is 395 g/mol. The topological polar surface area (TPSA) is 64.6 Å². The number of ether oxygens (including phenoxy) is 2. The number of amides is 1. The molecule has 0 unspecified atom stereocenters. The Labute approximate surface area is 146 Å². The van der Waals surface area contributed by atoms with E-state index in [1.54, 1.807) is 0 Å². The third-order valence-corrected chi connectivity index (χ3v) is 3.63. The minimum atomic E-state index is -0.583. The summed E-state index contributed by atoms with van der Waals surface area (Å²) < 4.78 is 24.0. The van der Waals surface area contributed by atoms with Gasteiger partial charge in [0.1, 0.15) is 24.8 Å². The lowest BCUT2D eigenvalue weighted by Crippen LogP contribution is -2.28. The van der Waals surface area contributed by atoms with Crippen LogP contribution in [0, 0.1) is 5.82 Å². The van der Waals surface area contributed by atoms with Gasteiger partial charge in [0.15, 0.2) is 6.29 Å². The summed E-state index contributed by atoms with van der Waals surface area (Å²) in [6, 6.07) is 11.7. The van der Waals surface area contributed by atoms with Gasteiger partial charge in [0.2, 0.25) is 0 Å². The Hall–Kier alpha value is -2.41. The van der Waals surface area contributed by atoms with Crippen LogP contribution in [0.1, 0.15) is 15.9 Å². The standard InChI is InChI=1S/C17H15BrFNO4/c18-14-8-13(10-21)16(9-15(14)19)23-7-6-20-17(22)24-11-12-4-2-1-3-5-12/h1-5,8-10H,6-7,11H2,(H,20,22). The van der Waals surface area contributed by atoms with E-state index in [1.807, 2.05) is 30.3 Å². The Kier molecular flexibility index (Phi) is 6.74. The third-order valence-electron chi connectivity index (χ3n) is 3.02. The molecule has 0 atom stereocenters. The van der Waals surface area contributed by atoms with Gasteiger partial charge in [-0.1, -0.05) is 30.3 Å². The molecule has 2 aromatic carbocycles. The molecule has 0 aromatic heterocycles. The van der Waals surface area contributed by atoms with Crippen LogP contribution in [0.3, 0.4) is 0 Å². The predicted octanol–water partition coefficient (Wildman–Crippen LogP) is 3.71. The average Bonchev–Trinajstić information content (AvgIpc) is 2.60. The summed E-state index contributed by atoms with van der Waals surface area (Å²) in [5.41, 5.74) is 1.10. The third kappa shape index (κ3) is 5.34. The number of carbonyl (C=O) groups is 2. The molecule has 0 fully saturated rings. The molecule has 126 valence electrons. The van der Waals surface area contributed by atoms with E-state index in [9.17, 15) is 14.0 Å². The summed E-state index contributed by atoms with van der Waals surface area (Å²) >= 11 is 3.00. The Bertz CT molecular complexity index is 709. The maximum absolute atomic E-state index is 13.5. The summed E-state index contributed by atoms with van der Waals surface area (Å²) in [5.74, 6) is -0.420. The second-order valence-corrected chi connectivity index (χ2v) is 5.61. The molecular formula is C17H15BrFNO4. The zero-order chi connectivity index (χ0) is 17.4. The fourth-order valence-corrected chi connectivity index (χ4v) is 2.21. The number of halogens is 2. The molecule has 1 amide bonds. The van der Waals surface area contributed by atoms with E-state index in [0.29, 0.717) is 6.29 Å². The number of benzene rings is 2. The van der Waals surface area contributed by atoms with Gasteiger partial charge >= 0.3 is 6.09 Å². The number of rotatable bonds is 7. The average molecular weight is 396 g/mol. The summed E-state index contributed by atoms with van der Waals surface area (Å²) in [5, 5.41) is 2.51. The van der Waals surface area contributed by atoms with Crippen LogP contribution in [-0.2, 0) is 11.3 Å². The molecule has 2 aromatic rings. The van der Waals surface area contributed by atoms with Gasteiger partial charge in [-0.25, -0.2) is 9.18 Å². The van der Waals surface area contributed by atoms with E-state index in [1.165, 1.54) is 6.07 Å². The van der Waals surface area contributed by atoms with Crippen LogP contribution >= 0.6 is 15.9 Å². The number of carbonyl (C=O) groups excluding carboxylic acids is 2. The maximum Gasteiger partial charge on any atom is 0.407 e. The molecule has 0 saturated heterocycles. The van der Waals surface area contributed by atoms with Crippen LogP contribution in [0.4, 0.5) is 9.18 Å². The van der Waals surface area contributed by atoms with Crippen molar-refractivity contribution in [2.24, 2.45) is 0 Å². The van der Waals surface area contributed by atoms with E-state index in [-0.39, 0.29) is 35.5 Å². The van der Waals surface area contributed by atoms with Crippen molar-refractivity contribution in [3.63, 3.8) is 0 Å². The lowest BCUT2D eigenvalue weighted by atomic mass is 10.2. The number of aldehydes is 1. The molecule has 7 heteroatoms. The molecule has 2 rings (SSSR count). The summed E-state index contributed by atoms with van der Waals surface area (Å²) in [6.07, 6.45) is -0.0128. The fourth-order valence-electron chi connectivity index (χ4n) is 1.85. The number of hydrogen-bond donors (Lipinski definition) is 1. The highest BCUT2D eigenvalue weighted by atomic mass is 79.9. The molecule has 5 nitrogen and oxygen atoms in total. The first-order chi connectivity index (χ1) is 11.6. The molecule has 0 aliphatic rings. The van der Waals surface area contributed by atoms with Crippen LogP contribution in [0.2, 0.25) is 0 Å². The molecule has 1 N–H and O–H groups in total. The van der Waals surface area contributed by atoms with Gasteiger partial charge in [0, 0.05) is 6.07 Å². The van der Waals surface area contributed by atoms with Crippen LogP contribution in [-0.4, -0.2) is 25.5 Å². The van der Waals surface area contributed by atoms with Gasteiger partial charge in [-0.15, -0.1) is 0 Å². The Morgan fingerprint density at radius 3 is 2.71 bits per heavy atom. The lowest BCUT2D eigenvalue weighted by molar-refractivity contribution is 0.111. The van der Waals surface area contributed by atoms with Crippen molar-refractivity contribution < 1.29 is 23.5 Å². The second kappa shape index (κ2) is 9.02. The zero-order valence-corrected chi connectivity index (χ0v) is 14.2. The quantitative estimate of drug-likeness (QED) is 0.573. The Morgan fingerprint density at radius 1 is 1.25 bits per heavy atom. The molecular weight excluding hydrogens is 381 g/mol. The van der Waals surface area contributed by atoms with Crippen molar-refractivity contribution in [1.29, 1.82) is 0 Å². The van der Waals surface area contributed by atoms with Gasteiger partial charge in [-0.2, -0.15) is 0 Å². The molecule has 0 aliphatic heterocycles. The SMILES string of the molecule is O=Cc1cc(Br)c(F)cc1OCCNC(=O)OCc1ccccc1. The first kappa shape index (κ1) is 17.9. The first-order valence-electron chi connectivity index (χ1n) is 7.11. The summed E-state index contributed by atoms with van der Waals surface area (Å²) in [7, 11) is 0. The molecule has 0 spiro atoms. The lowest BCUT2D eigenvalue weighted by Gasteiger charge is -2.10. The van der Waals surface area contributed by atoms with E-state index >= 15 is 0 Å². The zero-order valence-electron chi connectivity index (χ0n) is 12.6. The van der Waals surface area contributed by atoms with Gasteiger partial charge in [0.25, 0.3) is 0 Å². The normalized spacial score (nSPS) is 10.1. The largest absolute Gasteiger partial charge is 0.491 e. The number of alkyl carbamates (subject to hydrolysis) is 1. The highest BCUT2D eigenvalue weighted by Crippen LogP contribution is 2.25. The van der Waals surface area contributed by atoms with Gasteiger partial charge in [0.05, 0.1) is 16.6 Å². The molecule has 0 saturated carbocycles. The molecule has 0 heterocycles. The molecule has 24 heavy (non-hydrogen) atoms. The van der Waals surface area contributed by atoms with Gasteiger partial charge in [-0.05, 0) is 27.6 Å². The summed E-state index contributed by atoms with van der Waals surface area (Å²) in [6.45, 7) is 0.396. The number of nitrogens with one attached hydrogen (secondary N) is 1. The Balaban J connectivity index is 1.74. The number of hydrogen-bond acceptors (Lipinski definition) is 4. The van der Waals surface area contributed by atoms with Crippen molar-refractivity contribution in [2.75, 3.05) is 13.2 Å². The smallest absolute Gasteiger partial charge is 0.407 e. The van der Waals surface area contributed by atoms with Gasteiger partial charge in [-0.3, -0.25) is 4.79 Å². The van der Waals surface area contributed by atoms with Crippen LogP contribution in [0.25, 0.3) is 0 Å². The fraction of sp³-hybridized carbons (Fsp3) is 0.176. The molecule has 0 radical (unpaired) electrons. The minimum Gasteiger partial charge on any atom is -0.491 e.